The van der Waals surface area contributed by atoms with E-state index < -0.39 is 28.6 Å². The highest BCUT2D eigenvalue weighted by atomic mass is 32.2. The van der Waals surface area contributed by atoms with Crippen LogP contribution < -0.4 is 0 Å². The zero-order valence-corrected chi connectivity index (χ0v) is 12.3. The molecule has 0 unspecified atom stereocenters. The normalized spacial score (nSPS) is 12.4. The summed E-state index contributed by atoms with van der Waals surface area (Å²) >= 11 is 0. The van der Waals surface area contributed by atoms with Crippen molar-refractivity contribution < 1.29 is 25.8 Å². The second-order valence-electron chi connectivity index (χ2n) is 4.58. The fraction of sp³-hybridized carbons (Fsp3) is 0.214. The van der Waals surface area contributed by atoms with Crippen molar-refractivity contribution in [1.82, 2.24) is 4.98 Å². The predicted octanol–water partition coefficient (Wildman–Crippen LogP) is 3.31. The molecule has 2 aromatic rings. The summed E-state index contributed by atoms with van der Waals surface area (Å²) in [5.41, 5.74) is -0.151. The van der Waals surface area contributed by atoms with Gasteiger partial charge in [-0.3, -0.25) is 9.17 Å². The molecule has 0 fully saturated rings. The lowest BCUT2D eigenvalue weighted by Gasteiger charge is -2.09. The second kappa shape index (κ2) is 6.05. The van der Waals surface area contributed by atoms with Gasteiger partial charge >= 0.3 is 6.18 Å². The summed E-state index contributed by atoms with van der Waals surface area (Å²) in [7, 11) is -4.03. The van der Waals surface area contributed by atoms with Crippen molar-refractivity contribution in [3.05, 3.63) is 59.4 Å². The van der Waals surface area contributed by atoms with Gasteiger partial charge in [-0.1, -0.05) is 17.7 Å². The molecule has 0 saturated heterocycles. The summed E-state index contributed by atoms with van der Waals surface area (Å²) in [6.45, 7) is 1.30. The van der Waals surface area contributed by atoms with Gasteiger partial charge in [0.05, 0.1) is 11.5 Å². The number of aryl methyl sites for hydroxylation is 1. The van der Waals surface area contributed by atoms with E-state index in [0.717, 1.165) is 17.8 Å². The van der Waals surface area contributed by atoms with E-state index in [1.807, 2.05) is 0 Å². The number of halogens is 3. The highest BCUT2D eigenvalue weighted by Gasteiger charge is 2.32. The highest BCUT2D eigenvalue weighted by molar-refractivity contribution is 7.86. The predicted molar refractivity (Wildman–Crippen MR) is 72.4 cm³/mol. The van der Waals surface area contributed by atoms with E-state index in [1.54, 1.807) is 19.1 Å². The van der Waals surface area contributed by atoms with Gasteiger partial charge in [0.2, 0.25) is 0 Å². The van der Waals surface area contributed by atoms with Crippen LogP contribution in [0.25, 0.3) is 0 Å². The third kappa shape index (κ3) is 4.05. The molecule has 0 aliphatic heterocycles. The first-order chi connectivity index (χ1) is 10.2. The van der Waals surface area contributed by atoms with Gasteiger partial charge in [0.15, 0.2) is 0 Å². The zero-order chi connectivity index (χ0) is 16.4. The number of nitrogens with zero attached hydrogens (tertiary/aromatic N) is 1. The van der Waals surface area contributed by atoms with Crippen LogP contribution in [0, 0.1) is 6.92 Å². The molecule has 1 aromatic heterocycles. The van der Waals surface area contributed by atoms with E-state index in [9.17, 15) is 21.6 Å². The highest BCUT2D eigenvalue weighted by Crippen LogP contribution is 2.28. The average Bonchev–Trinajstić information content (AvgIpc) is 2.45. The first kappa shape index (κ1) is 16.4. The molecule has 0 atom stereocenters. The Morgan fingerprint density at radius 1 is 1.14 bits per heavy atom. The minimum Gasteiger partial charge on any atom is -0.262 e. The van der Waals surface area contributed by atoms with Crippen LogP contribution in [0.15, 0.2) is 47.5 Å². The summed E-state index contributed by atoms with van der Waals surface area (Å²) in [6.07, 6.45) is -3.63. The fourth-order valence-electron chi connectivity index (χ4n) is 1.64. The van der Waals surface area contributed by atoms with Crippen molar-refractivity contribution in [3.8, 4) is 0 Å². The SMILES string of the molecule is Cc1ccc(S(=O)(=O)OCc2ccnc(C(F)(F)F)c2)cc1. The van der Waals surface area contributed by atoms with Crippen molar-refractivity contribution >= 4 is 10.1 Å². The minimum atomic E-state index is -4.59. The molecule has 0 spiro atoms. The molecule has 0 N–H and O–H groups in total. The topological polar surface area (TPSA) is 56.3 Å². The van der Waals surface area contributed by atoms with Gasteiger partial charge in [-0.25, -0.2) is 0 Å². The molecular weight excluding hydrogens is 319 g/mol. The van der Waals surface area contributed by atoms with E-state index in [4.69, 9.17) is 4.18 Å². The summed E-state index contributed by atoms with van der Waals surface area (Å²) in [4.78, 5) is 3.14. The van der Waals surface area contributed by atoms with Crippen LogP contribution in [0.1, 0.15) is 16.8 Å². The van der Waals surface area contributed by atoms with Gasteiger partial charge in [0.1, 0.15) is 5.69 Å². The monoisotopic (exact) mass is 331 g/mol. The van der Waals surface area contributed by atoms with Crippen LogP contribution in [0.2, 0.25) is 0 Å². The van der Waals surface area contributed by atoms with Crippen LogP contribution in [-0.2, 0) is 27.1 Å². The molecule has 0 bridgehead atoms. The number of hydrogen-bond donors (Lipinski definition) is 0. The van der Waals surface area contributed by atoms with E-state index in [1.165, 1.54) is 18.2 Å². The largest absolute Gasteiger partial charge is 0.433 e. The van der Waals surface area contributed by atoms with Gasteiger partial charge in [-0.05, 0) is 36.8 Å². The van der Waals surface area contributed by atoms with Gasteiger partial charge < -0.3 is 0 Å². The molecule has 0 aliphatic carbocycles. The standard InChI is InChI=1S/C14H12F3NO3S/c1-10-2-4-12(5-3-10)22(19,20)21-9-11-6-7-18-13(8-11)14(15,16)17/h2-8H,9H2,1H3. The second-order valence-corrected chi connectivity index (χ2v) is 6.19. The van der Waals surface area contributed by atoms with Gasteiger partial charge in [0, 0.05) is 6.20 Å². The first-order valence-electron chi connectivity index (χ1n) is 6.17. The van der Waals surface area contributed by atoms with Crippen molar-refractivity contribution in [3.63, 3.8) is 0 Å². The molecular formula is C14H12F3NO3S. The minimum absolute atomic E-state index is 0.0526. The summed E-state index contributed by atoms with van der Waals surface area (Å²) < 4.78 is 66.2. The Bertz CT molecular complexity index is 756. The molecule has 1 aromatic carbocycles. The van der Waals surface area contributed by atoms with Crippen LogP contribution >= 0.6 is 0 Å². The van der Waals surface area contributed by atoms with Crippen molar-refractivity contribution in [2.45, 2.75) is 24.6 Å². The molecule has 8 heteroatoms. The lowest BCUT2D eigenvalue weighted by atomic mass is 10.2. The Labute approximate surface area is 125 Å². The Morgan fingerprint density at radius 3 is 2.36 bits per heavy atom. The Balaban J connectivity index is 2.14. The molecule has 1 heterocycles. The zero-order valence-electron chi connectivity index (χ0n) is 11.5. The first-order valence-corrected chi connectivity index (χ1v) is 7.57. The van der Waals surface area contributed by atoms with Gasteiger partial charge in [-0.15, -0.1) is 0 Å². The lowest BCUT2D eigenvalue weighted by Crippen LogP contribution is -2.10. The van der Waals surface area contributed by atoms with Crippen LogP contribution in [-0.4, -0.2) is 13.4 Å². The van der Waals surface area contributed by atoms with Crippen molar-refractivity contribution in [2.24, 2.45) is 0 Å². The smallest absolute Gasteiger partial charge is 0.262 e. The van der Waals surface area contributed by atoms with Crippen LogP contribution in [0.4, 0.5) is 13.2 Å². The summed E-state index contributed by atoms with van der Waals surface area (Å²) in [5.74, 6) is 0. The number of alkyl halides is 3. The molecule has 0 aliphatic rings. The number of benzene rings is 1. The van der Waals surface area contributed by atoms with E-state index >= 15 is 0 Å². The third-order valence-electron chi connectivity index (χ3n) is 2.81. The number of aromatic nitrogens is 1. The summed E-state index contributed by atoms with van der Waals surface area (Å²) in [5, 5.41) is 0. The van der Waals surface area contributed by atoms with Gasteiger partial charge in [-0.2, -0.15) is 21.6 Å². The quantitative estimate of drug-likeness (QED) is 0.807. The Hall–Kier alpha value is -1.93. The molecule has 2 rings (SSSR count). The number of rotatable bonds is 4. The Morgan fingerprint density at radius 2 is 1.77 bits per heavy atom. The fourth-order valence-corrected chi connectivity index (χ4v) is 2.53. The molecule has 22 heavy (non-hydrogen) atoms. The van der Waals surface area contributed by atoms with Gasteiger partial charge in [0.25, 0.3) is 10.1 Å². The Kier molecular flexibility index (Phi) is 4.52. The maximum Gasteiger partial charge on any atom is 0.433 e. The average molecular weight is 331 g/mol. The van der Waals surface area contributed by atoms with Crippen molar-refractivity contribution in [2.75, 3.05) is 0 Å². The molecule has 0 radical (unpaired) electrons. The van der Waals surface area contributed by atoms with Crippen LogP contribution in [0.5, 0.6) is 0 Å². The summed E-state index contributed by atoms with van der Waals surface area (Å²) in [6, 6.07) is 7.97. The van der Waals surface area contributed by atoms with Crippen molar-refractivity contribution in [1.29, 1.82) is 0 Å². The van der Waals surface area contributed by atoms with Crippen LogP contribution in [0.3, 0.4) is 0 Å². The molecule has 118 valence electrons. The maximum atomic E-state index is 12.5. The lowest BCUT2D eigenvalue weighted by molar-refractivity contribution is -0.141. The number of hydrogen-bond acceptors (Lipinski definition) is 4. The van der Waals surface area contributed by atoms with E-state index in [2.05, 4.69) is 4.98 Å². The molecule has 0 amide bonds. The molecule has 0 saturated carbocycles. The van der Waals surface area contributed by atoms with E-state index in [-0.39, 0.29) is 10.5 Å². The third-order valence-corrected chi connectivity index (χ3v) is 4.08. The molecule has 4 nitrogen and oxygen atoms in total. The van der Waals surface area contributed by atoms with E-state index in [0.29, 0.717) is 0 Å². The maximum absolute atomic E-state index is 12.5. The number of pyridine rings is 1.